The molecule has 0 aliphatic rings. The second-order valence-corrected chi connectivity index (χ2v) is 4.48. The first kappa shape index (κ1) is 13.8. The molecule has 0 aliphatic carbocycles. The summed E-state index contributed by atoms with van der Waals surface area (Å²) < 4.78 is 0. The Balaban J connectivity index is 2.58. The lowest BCUT2D eigenvalue weighted by Gasteiger charge is -2.20. The van der Waals surface area contributed by atoms with E-state index in [-0.39, 0.29) is 18.6 Å². The third kappa shape index (κ3) is 4.61. The topological polar surface area (TPSA) is 57.2 Å². The van der Waals surface area contributed by atoms with Crippen molar-refractivity contribution in [2.45, 2.75) is 33.2 Å². The summed E-state index contributed by atoms with van der Waals surface area (Å²) >= 11 is 0. The number of aliphatic hydroxyl groups is 1. The van der Waals surface area contributed by atoms with Crippen LogP contribution in [0.15, 0.2) is 18.5 Å². The summed E-state index contributed by atoms with van der Waals surface area (Å²) in [5.74, 6) is 0.224. The van der Waals surface area contributed by atoms with Crippen LogP contribution in [0.3, 0.4) is 0 Å². The van der Waals surface area contributed by atoms with E-state index in [1.807, 2.05) is 19.2 Å². The fraction of sp³-hybridized carbons (Fsp3) is 0.615. The van der Waals surface area contributed by atoms with Gasteiger partial charge in [0, 0.05) is 19.2 Å². The summed E-state index contributed by atoms with van der Waals surface area (Å²) in [7, 11) is 0. The van der Waals surface area contributed by atoms with Crippen LogP contribution in [0.4, 0.5) is 11.4 Å². The van der Waals surface area contributed by atoms with E-state index < -0.39 is 0 Å². The van der Waals surface area contributed by atoms with E-state index >= 15 is 0 Å². The van der Waals surface area contributed by atoms with Gasteiger partial charge in [-0.2, -0.15) is 0 Å². The Morgan fingerprint density at radius 3 is 2.65 bits per heavy atom. The minimum atomic E-state index is 0.190. The summed E-state index contributed by atoms with van der Waals surface area (Å²) in [5.41, 5.74) is 2.01. The third-order valence-corrected chi connectivity index (χ3v) is 2.85. The first-order valence-corrected chi connectivity index (χ1v) is 6.23. The van der Waals surface area contributed by atoms with E-state index in [2.05, 4.69) is 29.5 Å². The smallest absolute Gasteiger partial charge is 0.0549 e. The Labute approximate surface area is 103 Å². The molecule has 0 spiro atoms. The van der Waals surface area contributed by atoms with Crippen molar-refractivity contribution in [2.24, 2.45) is 5.92 Å². The van der Waals surface area contributed by atoms with Gasteiger partial charge in [-0.25, -0.2) is 0 Å². The summed E-state index contributed by atoms with van der Waals surface area (Å²) in [6, 6.07) is 2.27. The number of hydrogen-bond donors (Lipinski definition) is 3. The number of anilines is 2. The van der Waals surface area contributed by atoms with Crippen molar-refractivity contribution in [1.29, 1.82) is 0 Å². The third-order valence-electron chi connectivity index (χ3n) is 2.85. The van der Waals surface area contributed by atoms with Crippen LogP contribution in [0.25, 0.3) is 0 Å². The van der Waals surface area contributed by atoms with Crippen molar-refractivity contribution >= 4 is 11.4 Å². The molecular formula is C13H23N3O. The van der Waals surface area contributed by atoms with Crippen LogP contribution in [0.1, 0.15) is 27.2 Å². The molecule has 1 aromatic heterocycles. The maximum absolute atomic E-state index is 9.09. The van der Waals surface area contributed by atoms with Crippen molar-refractivity contribution in [3.8, 4) is 0 Å². The van der Waals surface area contributed by atoms with Gasteiger partial charge in [-0.3, -0.25) is 4.98 Å². The van der Waals surface area contributed by atoms with Crippen molar-refractivity contribution in [3.05, 3.63) is 18.5 Å². The van der Waals surface area contributed by atoms with Gasteiger partial charge < -0.3 is 15.7 Å². The minimum absolute atomic E-state index is 0.190. The van der Waals surface area contributed by atoms with Gasteiger partial charge in [0.2, 0.25) is 0 Å². The lowest BCUT2D eigenvalue weighted by Crippen LogP contribution is -2.26. The number of pyridine rings is 1. The summed E-state index contributed by atoms with van der Waals surface area (Å²) in [5, 5.41) is 15.7. The summed E-state index contributed by atoms with van der Waals surface area (Å²) in [6.45, 7) is 7.36. The highest BCUT2D eigenvalue weighted by atomic mass is 16.3. The van der Waals surface area contributed by atoms with E-state index in [9.17, 15) is 0 Å². The zero-order valence-corrected chi connectivity index (χ0v) is 10.9. The van der Waals surface area contributed by atoms with Gasteiger partial charge in [0.05, 0.1) is 23.8 Å². The molecule has 0 radical (unpaired) electrons. The van der Waals surface area contributed by atoms with Gasteiger partial charge in [-0.05, 0) is 25.3 Å². The molecule has 0 saturated heterocycles. The van der Waals surface area contributed by atoms with Crippen molar-refractivity contribution < 1.29 is 5.11 Å². The number of hydrogen-bond acceptors (Lipinski definition) is 4. The molecule has 1 rings (SSSR count). The molecule has 96 valence electrons. The van der Waals surface area contributed by atoms with Gasteiger partial charge in [0.1, 0.15) is 0 Å². The molecule has 0 aliphatic heterocycles. The Bertz CT molecular complexity index is 330. The number of nitrogens with zero attached hydrogens (tertiary/aromatic N) is 1. The van der Waals surface area contributed by atoms with Crippen LogP contribution in [-0.2, 0) is 0 Å². The van der Waals surface area contributed by atoms with E-state index in [4.69, 9.17) is 5.11 Å². The molecule has 4 heteroatoms. The summed E-state index contributed by atoms with van der Waals surface area (Å²) in [6.07, 6.45) is 4.72. The number of nitrogens with one attached hydrogen (secondary N) is 2. The lowest BCUT2D eigenvalue weighted by molar-refractivity contribution is 0.226. The lowest BCUT2D eigenvalue weighted by atomic mass is 10.1. The fourth-order valence-electron chi connectivity index (χ4n) is 1.45. The van der Waals surface area contributed by atoms with Crippen LogP contribution in [0.5, 0.6) is 0 Å². The highest BCUT2D eigenvalue weighted by Gasteiger charge is 2.10. The molecule has 0 amide bonds. The van der Waals surface area contributed by atoms with Gasteiger partial charge in [-0.1, -0.05) is 13.8 Å². The zero-order chi connectivity index (χ0) is 12.7. The molecule has 4 nitrogen and oxygen atoms in total. The van der Waals surface area contributed by atoms with Crippen molar-refractivity contribution in [2.75, 3.05) is 23.8 Å². The van der Waals surface area contributed by atoms with Gasteiger partial charge in [0.25, 0.3) is 0 Å². The maximum atomic E-state index is 9.09. The van der Waals surface area contributed by atoms with E-state index in [0.717, 1.165) is 24.3 Å². The van der Waals surface area contributed by atoms with E-state index in [0.29, 0.717) is 0 Å². The molecule has 0 fully saturated rings. The molecule has 0 saturated carbocycles. The van der Waals surface area contributed by atoms with Gasteiger partial charge >= 0.3 is 0 Å². The largest absolute Gasteiger partial charge is 0.396 e. The van der Waals surface area contributed by atoms with Gasteiger partial charge in [0.15, 0.2) is 0 Å². The second kappa shape index (κ2) is 7.12. The molecule has 17 heavy (non-hydrogen) atoms. The molecule has 1 heterocycles. The quantitative estimate of drug-likeness (QED) is 0.681. The fourth-order valence-corrected chi connectivity index (χ4v) is 1.45. The number of aromatic nitrogens is 1. The van der Waals surface area contributed by atoms with Crippen LogP contribution in [0, 0.1) is 5.92 Å². The molecule has 2 unspecified atom stereocenters. The molecular weight excluding hydrogens is 214 g/mol. The van der Waals surface area contributed by atoms with Crippen molar-refractivity contribution in [1.82, 2.24) is 4.98 Å². The Morgan fingerprint density at radius 1 is 1.29 bits per heavy atom. The monoisotopic (exact) mass is 237 g/mol. The maximum Gasteiger partial charge on any atom is 0.0549 e. The van der Waals surface area contributed by atoms with Crippen LogP contribution in [0.2, 0.25) is 0 Å². The van der Waals surface area contributed by atoms with Gasteiger partial charge in [-0.15, -0.1) is 0 Å². The Morgan fingerprint density at radius 2 is 2.00 bits per heavy atom. The number of aliphatic hydroxyl groups excluding tert-OH is 1. The minimum Gasteiger partial charge on any atom is -0.396 e. The highest BCUT2D eigenvalue weighted by Crippen LogP contribution is 2.16. The van der Waals surface area contributed by atoms with E-state index in [1.165, 1.54) is 0 Å². The molecule has 1 aromatic rings. The zero-order valence-electron chi connectivity index (χ0n) is 10.9. The van der Waals surface area contributed by atoms with Crippen LogP contribution < -0.4 is 10.6 Å². The summed E-state index contributed by atoms with van der Waals surface area (Å²) in [4.78, 5) is 4.19. The molecule has 0 aromatic carbocycles. The van der Waals surface area contributed by atoms with E-state index in [1.54, 1.807) is 6.20 Å². The first-order chi connectivity index (χ1) is 8.17. The van der Waals surface area contributed by atoms with Crippen LogP contribution in [-0.4, -0.2) is 29.3 Å². The van der Waals surface area contributed by atoms with Crippen molar-refractivity contribution in [3.63, 3.8) is 0 Å². The average Bonchev–Trinajstić information content (AvgIpc) is 2.35. The molecule has 3 N–H and O–H groups in total. The Kier molecular flexibility index (Phi) is 5.77. The SMILES string of the molecule is CCCNc1cncc(NC(C)C(C)CO)c1. The number of rotatable bonds is 7. The predicted molar refractivity (Wildman–Crippen MR) is 72.4 cm³/mol. The second-order valence-electron chi connectivity index (χ2n) is 4.48. The van der Waals surface area contributed by atoms with Crippen LogP contribution >= 0.6 is 0 Å². The molecule has 2 atom stereocenters. The normalized spacial score (nSPS) is 14.1. The average molecular weight is 237 g/mol. The first-order valence-electron chi connectivity index (χ1n) is 6.23. The highest BCUT2D eigenvalue weighted by molar-refractivity contribution is 5.54. The molecule has 0 bridgehead atoms. The standard InChI is InChI=1S/C13H23N3O/c1-4-5-15-12-6-13(8-14-7-12)16-11(3)10(2)9-17/h6-8,10-11,15-17H,4-5,9H2,1-3H3. The Hall–Kier alpha value is -1.29. The predicted octanol–water partition coefficient (Wildman–Crippen LogP) is 2.33.